The molecule has 0 radical (unpaired) electrons. The molecule has 1 aromatic carbocycles. The number of hydrogen-bond acceptors (Lipinski definition) is 6. The number of aryl methyl sites for hydroxylation is 1. The van der Waals surface area contributed by atoms with Gasteiger partial charge >= 0.3 is 5.69 Å². The Kier molecular flexibility index (Phi) is 5.02. The van der Waals surface area contributed by atoms with Crippen molar-refractivity contribution in [3.05, 3.63) is 39.7 Å². The van der Waals surface area contributed by atoms with Crippen molar-refractivity contribution < 1.29 is 19.2 Å². The van der Waals surface area contributed by atoms with Crippen molar-refractivity contribution in [1.29, 1.82) is 0 Å². The van der Waals surface area contributed by atoms with Gasteiger partial charge in [-0.1, -0.05) is 0 Å². The Morgan fingerprint density at radius 3 is 2.58 bits per heavy atom. The molecular formula is C15H18N4O5. The van der Waals surface area contributed by atoms with Gasteiger partial charge < -0.3 is 14.8 Å². The number of nitro groups is 1. The summed E-state index contributed by atoms with van der Waals surface area (Å²) in [6.45, 7) is 2.95. The van der Waals surface area contributed by atoms with E-state index in [2.05, 4.69) is 10.4 Å². The number of aromatic nitrogens is 2. The van der Waals surface area contributed by atoms with Crippen LogP contribution in [0.25, 0.3) is 0 Å². The third-order valence-electron chi connectivity index (χ3n) is 3.50. The molecule has 1 N–H and O–H groups in total. The minimum Gasteiger partial charge on any atom is -0.497 e. The van der Waals surface area contributed by atoms with Crippen LogP contribution in [-0.4, -0.2) is 34.8 Å². The first-order valence-corrected chi connectivity index (χ1v) is 7.07. The number of carbonyl (C=O) groups is 1. The average molecular weight is 334 g/mol. The van der Waals surface area contributed by atoms with E-state index in [1.54, 1.807) is 25.1 Å². The number of nitrogens with zero attached hydrogens (tertiary/aromatic N) is 3. The van der Waals surface area contributed by atoms with E-state index in [-0.39, 0.29) is 23.8 Å². The summed E-state index contributed by atoms with van der Waals surface area (Å²) in [6.07, 6.45) is 0. The summed E-state index contributed by atoms with van der Waals surface area (Å²) in [6, 6.07) is 4.98. The Morgan fingerprint density at radius 1 is 1.33 bits per heavy atom. The van der Waals surface area contributed by atoms with E-state index in [9.17, 15) is 14.9 Å². The van der Waals surface area contributed by atoms with Gasteiger partial charge in [0.2, 0.25) is 5.91 Å². The Labute approximate surface area is 138 Å². The van der Waals surface area contributed by atoms with Crippen LogP contribution >= 0.6 is 0 Å². The SMILES string of the molecule is COc1ccc(NC(=O)Cn2nc(C)c([N+](=O)[O-])c2C)c(OC)c1. The predicted octanol–water partition coefficient (Wildman–Crippen LogP) is 2.06. The molecule has 0 fully saturated rings. The van der Waals surface area contributed by atoms with Gasteiger partial charge in [0.05, 0.1) is 24.8 Å². The van der Waals surface area contributed by atoms with E-state index < -0.39 is 4.92 Å². The molecule has 0 atom stereocenters. The van der Waals surface area contributed by atoms with Crippen molar-refractivity contribution in [3.63, 3.8) is 0 Å². The lowest BCUT2D eigenvalue weighted by atomic mass is 10.2. The normalized spacial score (nSPS) is 10.3. The van der Waals surface area contributed by atoms with Crippen LogP contribution in [0.1, 0.15) is 11.4 Å². The molecule has 2 aromatic rings. The highest BCUT2D eigenvalue weighted by Crippen LogP contribution is 2.29. The average Bonchev–Trinajstić information content (AvgIpc) is 2.81. The number of methoxy groups -OCH3 is 2. The second-order valence-corrected chi connectivity index (χ2v) is 5.05. The van der Waals surface area contributed by atoms with Crippen LogP contribution in [0.3, 0.4) is 0 Å². The molecule has 0 saturated heterocycles. The zero-order valence-corrected chi connectivity index (χ0v) is 13.8. The molecule has 1 amide bonds. The minimum atomic E-state index is -0.501. The van der Waals surface area contributed by atoms with Crippen LogP contribution in [0.5, 0.6) is 11.5 Å². The van der Waals surface area contributed by atoms with Gasteiger partial charge in [-0.2, -0.15) is 5.10 Å². The van der Waals surface area contributed by atoms with Crippen molar-refractivity contribution in [2.24, 2.45) is 0 Å². The topological polar surface area (TPSA) is 109 Å². The minimum absolute atomic E-state index is 0.0789. The lowest BCUT2D eigenvalue weighted by molar-refractivity contribution is -0.386. The van der Waals surface area contributed by atoms with Gasteiger partial charge in [0, 0.05) is 6.07 Å². The smallest absolute Gasteiger partial charge is 0.312 e. The van der Waals surface area contributed by atoms with Gasteiger partial charge in [0.1, 0.15) is 29.4 Å². The first-order chi connectivity index (χ1) is 11.4. The molecule has 0 bridgehead atoms. The van der Waals surface area contributed by atoms with Crippen LogP contribution in [0, 0.1) is 24.0 Å². The van der Waals surface area contributed by atoms with Crippen molar-refractivity contribution in [1.82, 2.24) is 9.78 Å². The van der Waals surface area contributed by atoms with E-state index in [4.69, 9.17) is 9.47 Å². The van der Waals surface area contributed by atoms with E-state index in [1.165, 1.54) is 25.8 Å². The van der Waals surface area contributed by atoms with E-state index in [0.717, 1.165) is 0 Å². The highest BCUT2D eigenvalue weighted by atomic mass is 16.6. The maximum Gasteiger partial charge on any atom is 0.312 e. The van der Waals surface area contributed by atoms with Gasteiger partial charge in [0.25, 0.3) is 0 Å². The third kappa shape index (κ3) is 3.45. The quantitative estimate of drug-likeness (QED) is 0.640. The zero-order valence-electron chi connectivity index (χ0n) is 13.8. The number of benzene rings is 1. The summed E-state index contributed by atoms with van der Waals surface area (Å²) in [4.78, 5) is 22.7. The van der Waals surface area contributed by atoms with Crippen molar-refractivity contribution >= 4 is 17.3 Å². The number of hydrogen-bond donors (Lipinski definition) is 1. The maximum absolute atomic E-state index is 12.2. The van der Waals surface area contributed by atoms with Crippen molar-refractivity contribution in [2.75, 3.05) is 19.5 Å². The number of anilines is 1. The van der Waals surface area contributed by atoms with Gasteiger partial charge in [-0.25, -0.2) is 0 Å². The zero-order chi connectivity index (χ0) is 17.9. The molecule has 0 unspecified atom stereocenters. The molecule has 0 aliphatic rings. The summed E-state index contributed by atoms with van der Waals surface area (Å²) in [5.41, 5.74) is 0.992. The molecule has 1 aromatic heterocycles. The second kappa shape index (κ2) is 6.99. The van der Waals surface area contributed by atoms with Crippen LogP contribution in [-0.2, 0) is 11.3 Å². The van der Waals surface area contributed by atoms with E-state index in [1.807, 2.05) is 0 Å². The first-order valence-electron chi connectivity index (χ1n) is 7.07. The fraction of sp³-hybridized carbons (Fsp3) is 0.333. The van der Waals surface area contributed by atoms with E-state index in [0.29, 0.717) is 22.9 Å². The molecule has 0 aliphatic carbocycles. The first kappa shape index (κ1) is 17.3. The van der Waals surface area contributed by atoms with Gasteiger partial charge in [-0.15, -0.1) is 0 Å². The molecule has 9 heteroatoms. The van der Waals surface area contributed by atoms with Crippen LogP contribution in [0.15, 0.2) is 18.2 Å². The molecule has 9 nitrogen and oxygen atoms in total. The lowest BCUT2D eigenvalue weighted by Crippen LogP contribution is -2.20. The van der Waals surface area contributed by atoms with Gasteiger partial charge in [-0.3, -0.25) is 19.6 Å². The third-order valence-corrected chi connectivity index (χ3v) is 3.50. The molecule has 24 heavy (non-hydrogen) atoms. The number of ether oxygens (including phenoxy) is 2. The van der Waals surface area contributed by atoms with E-state index >= 15 is 0 Å². The highest BCUT2D eigenvalue weighted by Gasteiger charge is 2.23. The standard InChI is InChI=1S/C15H18N4O5/c1-9-15(19(21)22)10(2)18(17-9)8-14(20)16-12-6-5-11(23-3)7-13(12)24-4/h5-7H,8H2,1-4H3,(H,16,20). The number of amides is 1. The predicted molar refractivity (Wildman–Crippen MR) is 86.5 cm³/mol. The summed E-state index contributed by atoms with van der Waals surface area (Å²) >= 11 is 0. The van der Waals surface area contributed by atoms with Crippen LogP contribution in [0.4, 0.5) is 11.4 Å². The molecule has 128 valence electrons. The molecule has 0 aliphatic heterocycles. The summed E-state index contributed by atoms with van der Waals surface area (Å²) in [7, 11) is 3.01. The molecular weight excluding hydrogens is 316 g/mol. The Hall–Kier alpha value is -3.10. The molecule has 2 rings (SSSR count). The Bertz CT molecular complexity index is 784. The summed E-state index contributed by atoms with van der Waals surface area (Å²) < 4.78 is 11.6. The van der Waals surface area contributed by atoms with Gasteiger partial charge in [0.15, 0.2) is 0 Å². The summed E-state index contributed by atoms with van der Waals surface area (Å²) in [5.74, 6) is 0.667. The number of nitrogens with one attached hydrogen (secondary N) is 1. The highest BCUT2D eigenvalue weighted by molar-refractivity contribution is 5.92. The van der Waals surface area contributed by atoms with Crippen molar-refractivity contribution in [2.45, 2.75) is 20.4 Å². The molecule has 0 saturated carbocycles. The largest absolute Gasteiger partial charge is 0.497 e. The lowest BCUT2D eigenvalue weighted by Gasteiger charge is -2.12. The maximum atomic E-state index is 12.2. The Balaban J connectivity index is 2.17. The van der Waals surface area contributed by atoms with Crippen LogP contribution in [0.2, 0.25) is 0 Å². The molecule has 0 spiro atoms. The fourth-order valence-electron chi connectivity index (χ4n) is 2.33. The Morgan fingerprint density at radius 2 is 2.04 bits per heavy atom. The second-order valence-electron chi connectivity index (χ2n) is 5.05. The monoisotopic (exact) mass is 334 g/mol. The molecule has 1 heterocycles. The van der Waals surface area contributed by atoms with Crippen molar-refractivity contribution in [3.8, 4) is 11.5 Å². The van der Waals surface area contributed by atoms with Gasteiger partial charge in [-0.05, 0) is 26.0 Å². The number of rotatable bonds is 6. The fourth-order valence-corrected chi connectivity index (χ4v) is 2.33. The number of carbonyl (C=O) groups excluding carboxylic acids is 1. The van der Waals surface area contributed by atoms with Crippen LogP contribution < -0.4 is 14.8 Å². The summed E-state index contributed by atoms with van der Waals surface area (Å²) in [5, 5.41) is 17.7.